The number of benzene rings is 1. The number of pyridine rings is 1. The first kappa shape index (κ1) is 10.1. The number of aryl methyl sites for hydroxylation is 2. The minimum Gasteiger partial charge on any atom is -0.389 e. The molecule has 0 saturated carbocycles. The average Bonchev–Trinajstić information content (AvgIpc) is 2.17. The van der Waals surface area contributed by atoms with E-state index in [0.717, 1.165) is 27.7 Å². The second kappa shape index (κ2) is 3.59. The Hall–Kier alpha value is -1.48. The molecule has 0 spiro atoms. The molecule has 76 valence electrons. The number of fused-ring (bicyclic) bond motifs is 1. The lowest BCUT2D eigenvalue weighted by molar-refractivity contribution is 1.25. The molecule has 0 amide bonds. The summed E-state index contributed by atoms with van der Waals surface area (Å²) in [4.78, 5) is 4.87. The second-order valence-electron chi connectivity index (χ2n) is 3.70. The van der Waals surface area contributed by atoms with Gasteiger partial charge in [0.05, 0.1) is 5.52 Å². The van der Waals surface area contributed by atoms with Gasteiger partial charge in [-0.2, -0.15) is 0 Å². The highest BCUT2D eigenvalue weighted by Crippen LogP contribution is 2.19. The van der Waals surface area contributed by atoms with E-state index in [1.807, 2.05) is 32.0 Å². The average molecular weight is 216 g/mol. The minimum absolute atomic E-state index is 0.404. The molecule has 1 heterocycles. The molecule has 0 aliphatic carbocycles. The molecular formula is C12H12N2S. The van der Waals surface area contributed by atoms with Crippen molar-refractivity contribution in [3.63, 3.8) is 0 Å². The number of aromatic nitrogens is 1. The Balaban J connectivity index is 2.87. The van der Waals surface area contributed by atoms with E-state index in [0.29, 0.717) is 4.99 Å². The summed E-state index contributed by atoms with van der Waals surface area (Å²) in [5.74, 6) is 0. The first-order valence-corrected chi connectivity index (χ1v) is 5.16. The zero-order valence-corrected chi connectivity index (χ0v) is 9.56. The van der Waals surface area contributed by atoms with Gasteiger partial charge >= 0.3 is 0 Å². The number of thiocarbonyl (C=S) groups is 1. The molecule has 0 radical (unpaired) electrons. The molecule has 2 nitrogen and oxygen atoms in total. The van der Waals surface area contributed by atoms with Crippen LogP contribution >= 0.6 is 12.2 Å². The second-order valence-corrected chi connectivity index (χ2v) is 4.14. The Morgan fingerprint density at radius 2 is 2.00 bits per heavy atom. The van der Waals surface area contributed by atoms with Crippen LogP contribution in [0.25, 0.3) is 10.9 Å². The highest BCUT2D eigenvalue weighted by atomic mass is 32.1. The molecule has 15 heavy (non-hydrogen) atoms. The van der Waals surface area contributed by atoms with Crippen LogP contribution in [0.15, 0.2) is 24.3 Å². The maximum Gasteiger partial charge on any atom is 0.106 e. The maximum atomic E-state index is 5.69. The van der Waals surface area contributed by atoms with Crippen LogP contribution < -0.4 is 5.73 Å². The van der Waals surface area contributed by atoms with Gasteiger partial charge in [0.15, 0.2) is 0 Å². The van der Waals surface area contributed by atoms with E-state index < -0.39 is 0 Å². The van der Waals surface area contributed by atoms with Crippen LogP contribution in [0.2, 0.25) is 0 Å². The summed E-state index contributed by atoms with van der Waals surface area (Å²) in [7, 11) is 0. The molecule has 2 N–H and O–H groups in total. The van der Waals surface area contributed by atoms with Gasteiger partial charge in [0.1, 0.15) is 4.99 Å². The Bertz CT molecular complexity index is 547. The third-order valence-corrected chi connectivity index (χ3v) is 2.56. The van der Waals surface area contributed by atoms with E-state index in [9.17, 15) is 0 Å². The monoisotopic (exact) mass is 216 g/mol. The third-order valence-electron chi connectivity index (χ3n) is 2.34. The molecule has 0 bridgehead atoms. The zero-order chi connectivity index (χ0) is 11.0. The van der Waals surface area contributed by atoms with Crippen molar-refractivity contribution in [2.45, 2.75) is 13.8 Å². The lowest BCUT2D eigenvalue weighted by Crippen LogP contribution is -2.11. The third kappa shape index (κ3) is 1.83. The van der Waals surface area contributed by atoms with E-state index in [2.05, 4.69) is 11.1 Å². The predicted molar refractivity (Wildman–Crippen MR) is 67.1 cm³/mol. The van der Waals surface area contributed by atoms with E-state index in [-0.39, 0.29) is 0 Å². The van der Waals surface area contributed by atoms with Gasteiger partial charge in [-0.25, -0.2) is 0 Å². The fourth-order valence-corrected chi connectivity index (χ4v) is 1.83. The molecule has 0 aliphatic rings. The summed E-state index contributed by atoms with van der Waals surface area (Å²) in [6, 6.07) is 8.11. The number of nitrogens with zero attached hydrogens (tertiary/aromatic N) is 1. The molecular weight excluding hydrogens is 204 g/mol. The molecule has 0 fully saturated rings. The van der Waals surface area contributed by atoms with Crippen LogP contribution in [0.1, 0.15) is 16.8 Å². The van der Waals surface area contributed by atoms with Crippen molar-refractivity contribution in [3.8, 4) is 0 Å². The first-order valence-electron chi connectivity index (χ1n) is 4.76. The quantitative estimate of drug-likeness (QED) is 0.744. The summed E-state index contributed by atoms with van der Waals surface area (Å²) in [5.41, 5.74) is 9.58. The smallest absolute Gasteiger partial charge is 0.106 e. The Morgan fingerprint density at radius 3 is 2.67 bits per heavy atom. The van der Waals surface area contributed by atoms with Crippen molar-refractivity contribution >= 4 is 28.1 Å². The van der Waals surface area contributed by atoms with E-state index >= 15 is 0 Å². The number of hydrogen-bond donors (Lipinski definition) is 1. The summed E-state index contributed by atoms with van der Waals surface area (Å²) >= 11 is 5.03. The van der Waals surface area contributed by atoms with Crippen molar-refractivity contribution in [2.24, 2.45) is 5.73 Å². The molecule has 0 atom stereocenters. The largest absolute Gasteiger partial charge is 0.389 e. The normalized spacial score (nSPS) is 10.5. The molecule has 0 unspecified atom stereocenters. The van der Waals surface area contributed by atoms with Crippen LogP contribution in [0.5, 0.6) is 0 Å². The number of hydrogen-bond acceptors (Lipinski definition) is 2. The molecule has 2 aromatic rings. The van der Waals surface area contributed by atoms with Crippen molar-refractivity contribution in [3.05, 3.63) is 41.1 Å². The molecule has 0 saturated heterocycles. The van der Waals surface area contributed by atoms with Crippen molar-refractivity contribution in [1.82, 2.24) is 4.98 Å². The van der Waals surface area contributed by atoms with Gasteiger partial charge in [-0.1, -0.05) is 18.3 Å². The van der Waals surface area contributed by atoms with Crippen molar-refractivity contribution < 1.29 is 0 Å². The van der Waals surface area contributed by atoms with Crippen molar-refractivity contribution in [2.75, 3.05) is 0 Å². The number of nitrogens with two attached hydrogens (primary N) is 1. The van der Waals surface area contributed by atoms with Gasteiger partial charge in [0.25, 0.3) is 0 Å². The fraction of sp³-hybridized carbons (Fsp3) is 0.167. The highest BCUT2D eigenvalue weighted by Gasteiger charge is 2.06. The SMILES string of the molecule is Cc1cc(C(N)=S)c2nc(C)ccc2c1. The van der Waals surface area contributed by atoms with E-state index in [4.69, 9.17) is 18.0 Å². The molecule has 1 aromatic carbocycles. The van der Waals surface area contributed by atoms with Gasteiger partial charge < -0.3 is 5.73 Å². The topological polar surface area (TPSA) is 38.9 Å². The summed E-state index contributed by atoms with van der Waals surface area (Å²) in [6.45, 7) is 3.99. The zero-order valence-electron chi connectivity index (χ0n) is 8.74. The van der Waals surface area contributed by atoms with E-state index in [1.54, 1.807) is 0 Å². The van der Waals surface area contributed by atoms with Crippen LogP contribution in [0, 0.1) is 13.8 Å². The summed E-state index contributed by atoms with van der Waals surface area (Å²) in [6.07, 6.45) is 0. The standard InChI is InChI=1S/C12H12N2S/c1-7-5-9-4-3-8(2)14-11(9)10(6-7)12(13)15/h3-6H,1-2H3,(H2,13,15). The minimum atomic E-state index is 0.404. The van der Waals surface area contributed by atoms with Crippen molar-refractivity contribution in [1.29, 1.82) is 0 Å². The summed E-state index contributed by atoms with van der Waals surface area (Å²) in [5, 5.41) is 1.09. The van der Waals surface area contributed by atoms with Gasteiger partial charge in [0, 0.05) is 16.6 Å². The van der Waals surface area contributed by atoms with Crippen LogP contribution in [0.4, 0.5) is 0 Å². The molecule has 2 rings (SSSR count). The molecule has 1 aromatic heterocycles. The van der Waals surface area contributed by atoms with E-state index in [1.165, 1.54) is 0 Å². The predicted octanol–water partition coefficient (Wildman–Crippen LogP) is 2.49. The van der Waals surface area contributed by atoms with Gasteiger partial charge in [0.2, 0.25) is 0 Å². The van der Waals surface area contributed by atoms with Gasteiger partial charge in [-0.3, -0.25) is 4.98 Å². The first-order chi connectivity index (χ1) is 7.08. The summed E-state index contributed by atoms with van der Waals surface area (Å²) < 4.78 is 0. The fourth-order valence-electron chi connectivity index (χ4n) is 1.67. The van der Waals surface area contributed by atoms with Crippen LogP contribution in [-0.4, -0.2) is 9.97 Å². The van der Waals surface area contributed by atoms with Gasteiger partial charge in [-0.15, -0.1) is 0 Å². The lowest BCUT2D eigenvalue weighted by Gasteiger charge is -2.06. The van der Waals surface area contributed by atoms with Gasteiger partial charge in [-0.05, 0) is 37.6 Å². The Morgan fingerprint density at radius 1 is 1.27 bits per heavy atom. The lowest BCUT2D eigenvalue weighted by atomic mass is 10.1. The number of rotatable bonds is 1. The Labute approximate surface area is 94.1 Å². The maximum absolute atomic E-state index is 5.69. The molecule has 3 heteroatoms. The molecule has 0 aliphatic heterocycles. The Kier molecular flexibility index (Phi) is 2.40. The van der Waals surface area contributed by atoms with Crippen LogP contribution in [0.3, 0.4) is 0 Å². The van der Waals surface area contributed by atoms with Crippen LogP contribution in [-0.2, 0) is 0 Å². The highest BCUT2D eigenvalue weighted by molar-refractivity contribution is 7.80.